The third-order valence-corrected chi connectivity index (χ3v) is 3.88. The normalized spacial score (nSPS) is 20.8. The molecule has 4 heteroatoms. The predicted octanol–water partition coefficient (Wildman–Crippen LogP) is 1.42. The molecule has 0 saturated carbocycles. The summed E-state index contributed by atoms with van der Waals surface area (Å²) in [6, 6.07) is 6.19. The van der Waals surface area contributed by atoms with Crippen LogP contribution in [-0.4, -0.2) is 42.6 Å². The van der Waals surface area contributed by atoms with Crippen LogP contribution in [0, 0.1) is 13.8 Å². The van der Waals surface area contributed by atoms with Crippen LogP contribution in [0.4, 0.5) is 0 Å². The van der Waals surface area contributed by atoms with E-state index in [9.17, 15) is 4.79 Å². The van der Waals surface area contributed by atoms with Crippen molar-refractivity contribution in [2.75, 3.05) is 19.7 Å². The number of hydrogen-bond acceptors (Lipinski definition) is 3. The molecule has 1 aliphatic heterocycles. The van der Waals surface area contributed by atoms with Crippen molar-refractivity contribution >= 4 is 5.91 Å². The van der Waals surface area contributed by atoms with Crippen LogP contribution in [-0.2, 0) is 16.0 Å². The molecule has 0 aromatic heterocycles. The van der Waals surface area contributed by atoms with Gasteiger partial charge in [-0.15, -0.1) is 0 Å². The van der Waals surface area contributed by atoms with Gasteiger partial charge in [0, 0.05) is 19.1 Å². The highest BCUT2D eigenvalue weighted by Crippen LogP contribution is 2.14. The van der Waals surface area contributed by atoms with Crippen molar-refractivity contribution in [2.24, 2.45) is 5.73 Å². The number of nitrogens with zero attached hydrogens (tertiary/aromatic N) is 1. The van der Waals surface area contributed by atoms with E-state index in [1.807, 2.05) is 25.7 Å². The average molecular weight is 276 g/mol. The zero-order valence-corrected chi connectivity index (χ0v) is 12.6. The SMILES string of the molecule is Cc1ccc(C)c(CC(=O)N2CCOC(C(C)N)C2)c1. The summed E-state index contributed by atoms with van der Waals surface area (Å²) in [4.78, 5) is 14.3. The van der Waals surface area contributed by atoms with Gasteiger partial charge in [0.15, 0.2) is 0 Å². The molecule has 0 spiro atoms. The first-order chi connectivity index (χ1) is 9.47. The van der Waals surface area contributed by atoms with Crippen LogP contribution < -0.4 is 5.73 Å². The second-order valence-electron chi connectivity index (χ2n) is 5.71. The summed E-state index contributed by atoms with van der Waals surface area (Å²) < 4.78 is 5.59. The maximum absolute atomic E-state index is 12.4. The van der Waals surface area contributed by atoms with Crippen molar-refractivity contribution in [2.45, 2.75) is 39.3 Å². The van der Waals surface area contributed by atoms with Gasteiger partial charge in [-0.2, -0.15) is 0 Å². The second kappa shape index (κ2) is 6.37. The summed E-state index contributed by atoms with van der Waals surface area (Å²) in [5.41, 5.74) is 9.33. The van der Waals surface area contributed by atoms with Gasteiger partial charge in [0.05, 0.1) is 19.1 Å². The van der Waals surface area contributed by atoms with Crippen LogP contribution in [0.15, 0.2) is 18.2 Å². The Morgan fingerprint density at radius 2 is 2.25 bits per heavy atom. The van der Waals surface area contributed by atoms with Crippen LogP contribution in [0.2, 0.25) is 0 Å². The Morgan fingerprint density at radius 3 is 2.95 bits per heavy atom. The van der Waals surface area contributed by atoms with E-state index >= 15 is 0 Å². The maximum atomic E-state index is 12.4. The lowest BCUT2D eigenvalue weighted by molar-refractivity contribution is -0.138. The zero-order valence-electron chi connectivity index (χ0n) is 12.6. The van der Waals surface area contributed by atoms with Gasteiger partial charge in [-0.25, -0.2) is 0 Å². The van der Waals surface area contributed by atoms with Crippen molar-refractivity contribution in [3.63, 3.8) is 0 Å². The molecule has 1 aromatic rings. The van der Waals surface area contributed by atoms with E-state index < -0.39 is 0 Å². The molecular weight excluding hydrogens is 252 g/mol. The first kappa shape index (κ1) is 15.0. The van der Waals surface area contributed by atoms with E-state index in [-0.39, 0.29) is 18.1 Å². The molecule has 0 bridgehead atoms. The maximum Gasteiger partial charge on any atom is 0.227 e. The smallest absolute Gasteiger partial charge is 0.227 e. The molecule has 0 radical (unpaired) electrons. The van der Waals surface area contributed by atoms with E-state index in [2.05, 4.69) is 18.2 Å². The number of carbonyl (C=O) groups excluding carboxylic acids is 1. The number of carbonyl (C=O) groups is 1. The van der Waals surface area contributed by atoms with Crippen LogP contribution in [0.25, 0.3) is 0 Å². The largest absolute Gasteiger partial charge is 0.373 e. The third kappa shape index (κ3) is 3.58. The highest BCUT2D eigenvalue weighted by atomic mass is 16.5. The van der Waals surface area contributed by atoms with Crippen LogP contribution in [0.1, 0.15) is 23.6 Å². The Labute approximate surface area is 120 Å². The highest BCUT2D eigenvalue weighted by molar-refractivity contribution is 5.79. The van der Waals surface area contributed by atoms with Crippen molar-refractivity contribution < 1.29 is 9.53 Å². The summed E-state index contributed by atoms with van der Waals surface area (Å²) >= 11 is 0. The van der Waals surface area contributed by atoms with E-state index in [1.54, 1.807) is 0 Å². The van der Waals surface area contributed by atoms with Gasteiger partial charge in [0.25, 0.3) is 0 Å². The summed E-state index contributed by atoms with van der Waals surface area (Å²) in [7, 11) is 0. The number of ether oxygens (including phenoxy) is 1. The lowest BCUT2D eigenvalue weighted by Crippen LogP contribution is -2.51. The molecule has 1 amide bonds. The molecule has 20 heavy (non-hydrogen) atoms. The van der Waals surface area contributed by atoms with Crippen LogP contribution >= 0.6 is 0 Å². The summed E-state index contributed by atoms with van der Waals surface area (Å²) in [6.07, 6.45) is 0.408. The predicted molar refractivity (Wildman–Crippen MR) is 79.6 cm³/mol. The van der Waals surface area contributed by atoms with Crippen molar-refractivity contribution in [3.8, 4) is 0 Å². The van der Waals surface area contributed by atoms with E-state index in [0.29, 0.717) is 26.1 Å². The number of morpholine rings is 1. The molecule has 2 N–H and O–H groups in total. The van der Waals surface area contributed by atoms with Gasteiger partial charge < -0.3 is 15.4 Å². The molecule has 2 atom stereocenters. The first-order valence-corrected chi connectivity index (χ1v) is 7.18. The topological polar surface area (TPSA) is 55.6 Å². The third-order valence-electron chi connectivity index (χ3n) is 3.88. The van der Waals surface area contributed by atoms with Gasteiger partial charge in [-0.3, -0.25) is 4.79 Å². The summed E-state index contributed by atoms with van der Waals surface area (Å²) in [6.45, 7) is 7.85. The number of benzene rings is 1. The molecular formula is C16H24N2O2. The summed E-state index contributed by atoms with van der Waals surface area (Å²) in [5, 5.41) is 0. The molecule has 1 fully saturated rings. The van der Waals surface area contributed by atoms with Gasteiger partial charge in [-0.05, 0) is 31.9 Å². The van der Waals surface area contributed by atoms with Crippen LogP contribution in [0.5, 0.6) is 0 Å². The Bertz CT molecular complexity index is 485. The van der Waals surface area contributed by atoms with E-state index in [0.717, 1.165) is 5.56 Å². The van der Waals surface area contributed by atoms with Gasteiger partial charge in [0.1, 0.15) is 0 Å². The lowest BCUT2D eigenvalue weighted by Gasteiger charge is -2.35. The quantitative estimate of drug-likeness (QED) is 0.908. The molecule has 2 unspecified atom stereocenters. The fourth-order valence-corrected chi connectivity index (χ4v) is 2.49. The first-order valence-electron chi connectivity index (χ1n) is 7.18. The zero-order chi connectivity index (χ0) is 14.7. The molecule has 4 nitrogen and oxygen atoms in total. The van der Waals surface area contributed by atoms with Crippen molar-refractivity contribution in [3.05, 3.63) is 34.9 Å². The molecule has 110 valence electrons. The molecule has 2 rings (SSSR count). The Morgan fingerprint density at radius 1 is 1.50 bits per heavy atom. The standard InChI is InChI=1S/C16H24N2O2/c1-11-4-5-12(2)14(8-11)9-16(19)18-6-7-20-15(10-18)13(3)17/h4-5,8,13,15H,6-7,9-10,17H2,1-3H3. The molecule has 1 aromatic carbocycles. The van der Waals surface area contributed by atoms with Crippen LogP contribution in [0.3, 0.4) is 0 Å². The van der Waals surface area contributed by atoms with Crippen molar-refractivity contribution in [1.82, 2.24) is 4.90 Å². The highest BCUT2D eigenvalue weighted by Gasteiger charge is 2.26. The van der Waals surface area contributed by atoms with Gasteiger partial charge in [-0.1, -0.05) is 23.8 Å². The van der Waals surface area contributed by atoms with Crippen molar-refractivity contribution in [1.29, 1.82) is 0 Å². The van der Waals surface area contributed by atoms with Gasteiger partial charge in [0.2, 0.25) is 5.91 Å². The second-order valence-corrected chi connectivity index (χ2v) is 5.71. The minimum atomic E-state index is -0.0497. The summed E-state index contributed by atoms with van der Waals surface area (Å²) in [5.74, 6) is 0.160. The minimum Gasteiger partial charge on any atom is -0.373 e. The van der Waals surface area contributed by atoms with E-state index in [4.69, 9.17) is 10.5 Å². The Kier molecular flexibility index (Phi) is 4.78. The molecule has 1 heterocycles. The Balaban J connectivity index is 2.02. The molecule has 0 aliphatic carbocycles. The lowest BCUT2D eigenvalue weighted by atomic mass is 10.0. The number of nitrogens with two attached hydrogens (primary N) is 1. The molecule has 1 saturated heterocycles. The minimum absolute atomic E-state index is 0.0497. The number of aryl methyl sites for hydroxylation is 2. The monoisotopic (exact) mass is 276 g/mol. The molecule has 1 aliphatic rings. The Hall–Kier alpha value is -1.39. The fraction of sp³-hybridized carbons (Fsp3) is 0.562. The van der Waals surface area contributed by atoms with E-state index in [1.165, 1.54) is 11.1 Å². The number of amides is 1. The number of rotatable bonds is 3. The average Bonchev–Trinajstić information content (AvgIpc) is 2.43. The fourth-order valence-electron chi connectivity index (χ4n) is 2.49. The number of hydrogen-bond donors (Lipinski definition) is 1. The van der Waals surface area contributed by atoms with Gasteiger partial charge >= 0.3 is 0 Å².